The molecule has 4 aromatic rings. The largest absolute Gasteiger partial charge is 0.508 e. The van der Waals surface area contributed by atoms with Gasteiger partial charge in [0.15, 0.2) is 0 Å². The Morgan fingerprint density at radius 1 is 0.611 bits per heavy atom. The number of carbonyl (C=O) groups excluding carboxylic acids is 8. The minimum absolute atomic E-state index is 0.0180. The number of thioether (sulfide) groups is 1. The van der Waals surface area contributed by atoms with Crippen LogP contribution in [0.3, 0.4) is 0 Å². The minimum Gasteiger partial charge on any atom is -0.508 e. The summed E-state index contributed by atoms with van der Waals surface area (Å²) in [6.45, 7) is 0.580. The van der Waals surface area contributed by atoms with Gasteiger partial charge in [-0.1, -0.05) is 60.7 Å². The number of aromatic nitrogens is 1. The van der Waals surface area contributed by atoms with Crippen LogP contribution in [0, 0.1) is 0 Å². The quantitative estimate of drug-likeness (QED) is 0.0306. The summed E-state index contributed by atoms with van der Waals surface area (Å²) in [4.78, 5) is 133. The molecule has 0 radical (unpaired) electrons. The van der Waals surface area contributed by atoms with E-state index in [1.165, 1.54) is 43.0 Å². The summed E-state index contributed by atoms with van der Waals surface area (Å²) in [7, 11) is 0. The number of nitrogens with two attached hydrogens (primary N) is 2. The van der Waals surface area contributed by atoms with Crippen molar-refractivity contribution >= 4 is 81.9 Å². The zero-order chi connectivity index (χ0) is 52.9. The third-order valence-electron chi connectivity index (χ3n) is 11.1. The molecule has 0 aliphatic carbocycles. The average Bonchev–Trinajstić information content (AvgIpc) is 3.75. The Labute approximate surface area is 417 Å². The Hall–Kier alpha value is -7.99. The number of benzene rings is 3. The van der Waals surface area contributed by atoms with Gasteiger partial charge in [-0.05, 0) is 66.7 Å². The van der Waals surface area contributed by atoms with E-state index in [1.54, 1.807) is 67.0 Å². The van der Waals surface area contributed by atoms with E-state index in [1.807, 2.05) is 0 Å². The number of carboxylic acid groups (broad SMARTS) is 2. The zero-order valence-electron chi connectivity index (χ0n) is 39.5. The van der Waals surface area contributed by atoms with Gasteiger partial charge in [0.05, 0.1) is 19.0 Å². The van der Waals surface area contributed by atoms with Crippen molar-refractivity contribution in [3.8, 4) is 5.75 Å². The zero-order valence-corrected chi connectivity index (χ0v) is 40.3. The highest BCUT2D eigenvalue weighted by Crippen LogP contribution is 2.20. The molecule has 23 nitrogen and oxygen atoms in total. The molecule has 24 heteroatoms. The van der Waals surface area contributed by atoms with Crippen LogP contribution in [-0.4, -0.2) is 140 Å². The summed E-state index contributed by atoms with van der Waals surface area (Å²) >= 11 is 1.32. The molecule has 4 rings (SSSR count). The number of rotatable bonds is 29. The summed E-state index contributed by atoms with van der Waals surface area (Å²) in [5, 5.41) is 46.5. The second-order valence-electron chi connectivity index (χ2n) is 16.8. The maximum absolute atomic E-state index is 14.3. The third kappa shape index (κ3) is 18.4. The first kappa shape index (κ1) is 56.6. The molecule has 1 heterocycles. The van der Waals surface area contributed by atoms with E-state index < -0.39 is 121 Å². The Kier molecular flexibility index (Phi) is 22.0. The molecule has 3 aromatic carbocycles. The number of phenolic OH excluding ortho intramolecular Hbond substituents is 1. The molecule has 72 heavy (non-hydrogen) atoms. The molecule has 0 saturated carbocycles. The van der Waals surface area contributed by atoms with Crippen molar-refractivity contribution in [2.75, 3.05) is 18.6 Å². The predicted molar refractivity (Wildman–Crippen MR) is 264 cm³/mol. The number of hydrogen-bond donors (Lipinski definition) is 13. The fraction of sp³-hybridized carbons (Fsp3) is 0.375. The fourth-order valence-corrected chi connectivity index (χ4v) is 7.68. The number of nitrogens with one attached hydrogen (secondary N) is 8. The van der Waals surface area contributed by atoms with Gasteiger partial charge in [-0.25, -0.2) is 0 Å². The first-order valence-electron chi connectivity index (χ1n) is 22.7. The number of aromatic amines is 1. The summed E-state index contributed by atoms with van der Waals surface area (Å²) in [5.41, 5.74) is 13.8. The topological polar surface area (TPSA) is 383 Å². The molecular formula is C48H60N10O13S. The van der Waals surface area contributed by atoms with Crippen LogP contribution in [0.5, 0.6) is 5.75 Å². The monoisotopic (exact) mass is 1020 g/mol. The van der Waals surface area contributed by atoms with Crippen LogP contribution >= 0.6 is 11.8 Å². The number of carboxylic acids is 2. The number of aromatic hydroxyl groups is 1. The van der Waals surface area contributed by atoms with Crippen LogP contribution in [0.25, 0.3) is 10.9 Å². The van der Waals surface area contributed by atoms with E-state index >= 15 is 0 Å². The summed E-state index contributed by atoms with van der Waals surface area (Å²) in [6.07, 6.45) is 1.54. The van der Waals surface area contributed by atoms with Gasteiger partial charge in [-0.15, -0.1) is 0 Å². The predicted octanol–water partition coefficient (Wildman–Crippen LogP) is -1.15. The molecule has 0 bridgehead atoms. The first-order valence-corrected chi connectivity index (χ1v) is 24.1. The molecule has 0 spiro atoms. The lowest BCUT2D eigenvalue weighted by Gasteiger charge is -2.26. The molecule has 386 valence electrons. The van der Waals surface area contributed by atoms with Crippen molar-refractivity contribution in [1.82, 2.24) is 42.2 Å². The van der Waals surface area contributed by atoms with E-state index in [-0.39, 0.29) is 37.9 Å². The van der Waals surface area contributed by atoms with Crippen LogP contribution in [-0.2, 0) is 67.2 Å². The molecule has 7 atom stereocenters. The van der Waals surface area contributed by atoms with Gasteiger partial charge in [-0.2, -0.15) is 11.8 Å². The maximum atomic E-state index is 14.3. The van der Waals surface area contributed by atoms with E-state index in [4.69, 9.17) is 16.6 Å². The normalized spacial score (nSPS) is 13.9. The smallest absolute Gasteiger partial charge is 0.305 e. The number of phenols is 1. The molecule has 0 unspecified atom stereocenters. The Morgan fingerprint density at radius 2 is 1.18 bits per heavy atom. The van der Waals surface area contributed by atoms with Crippen molar-refractivity contribution in [1.29, 1.82) is 0 Å². The van der Waals surface area contributed by atoms with Crippen molar-refractivity contribution in [2.45, 2.75) is 94.2 Å². The number of amides is 8. The van der Waals surface area contributed by atoms with Crippen molar-refractivity contribution in [2.24, 2.45) is 11.5 Å². The van der Waals surface area contributed by atoms with Gasteiger partial charge >= 0.3 is 11.9 Å². The van der Waals surface area contributed by atoms with E-state index in [9.17, 15) is 58.2 Å². The second-order valence-corrected chi connectivity index (χ2v) is 17.7. The number of aliphatic carboxylic acids is 2. The minimum atomic E-state index is -1.72. The van der Waals surface area contributed by atoms with Gasteiger partial charge < -0.3 is 69.0 Å². The molecule has 0 fully saturated rings. The number of para-hydroxylation sites is 1. The molecule has 1 aromatic heterocycles. The van der Waals surface area contributed by atoms with Crippen molar-refractivity contribution in [3.05, 3.63) is 102 Å². The van der Waals surface area contributed by atoms with E-state index in [0.29, 0.717) is 33.3 Å². The van der Waals surface area contributed by atoms with Crippen molar-refractivity contribution < 1.29 is 63.3 Å². The average molecular weight is 1020 g/mol. The molecule has 8 amide bonds. The molecule has 0 saturated heterocycles. The summed E-state index contributed by atoms with van der Waals surface area (Å²) < 4.78 is 0. The number of fused-ring (bicyclic) bond motifs is 1. The highest BCUT2D eigenvalue weighted by molar-refractivity contribution is 7.98. The number of primary amides is 1. The maximum Gasteiger partial charge on any atom is 0.305 e. The van der Waals surface area contributed by atoms with Gasteiger partial charge in [0.2, 0.25) is 47.3 Å². The van der Waals surface area contributed by atoms with E-state index in [0.717, 1.165) is 0 Å². The summed E-state index contributed by atoms with van der Waals surface area (Å²) in [5.74, 6) is -9.53. The summed E-state index contributed by atoms with van der Waals surface area (Å²) in [6, 6.07) is 11.8. The third-order valence-corrected chi connectivity index (χ3v) is 11.8. The lowest BCUT2D eigenvalue weighted by Crippen LogP contribution is -2.59. The first-order chi connectivity index (χ1) is 34.2. The highest BCUT2D eigenvalue weighted by atomic mass is 32.2. The molecule has 0 aliphatic heterocycles. The van der Waals surface area contributed by atoms with Crippen LogP contribution in [0.15, 0.2) is 85.1 Å². The van der Waals surface area contributed by atoms with Crippen LogP contribution in [0.4, 0.5) is 0 Å². The number of hydrogen-bond acceptors (Lipinski definition) is 13. The van der Waals surface area contributed by atoms with Crippen molar-refractivity contribution in [3.63, 3.8) is 0 Å². The standard InChI is InChI=1S/C48H60N10O13S/c1-26(53-44(67)32(49)16-17-40(61)62)43(66)57-36(21-28-12-14-30(59)15-13-28)45(68)52-25-39(60)54-37(22-29-24-51-33-11-7-6-10-31(29)33)47(70)55-34(18-19-72-2)46(69)58-38(23-41(63)64)48(71)56-35(42(50)65)20-27-8-4-3-5-9-27/h3-15,24,26,32,34-38,51,59H,16-23,25,49H2,1-2H3,(H2,50,65)(H,52,68)(H,53,67)(H,54,60)(H,55,70)(H,56,71)(H,57,66)(H,58,69)(H,61,62)(H,63,64)/t26-,32+,34-,35-,36-,37-,38-/m0/s1. The Bertz CT molecular complexity index is 2560. The van der Waals surface area contributed by atoms with Gasteiger partial charge in [0.1, 0.15) is 42.0 Å². The number of H-pyrrole nitrogens is 1. The van der Waals surface area contributed by atoms with Crippen LogP contribution in [0.2, 0.25) is 0 Å². The SMILES string of the molecule is CSCC[C@H](NC(=O)[C@H](Cc1c[nH]c2ccccc12)NC(=O)CNC(=O)[C@H](Cc1ccc(O)cc1)NC(=O)[C@H](C)NC(=O)[C@H](N)CCC(=O)O)C(=O)N[C@@H](CC(=O)O)C(=O)N[C@@H](Cc1ccccc1)C(N)=O. The fourth-order valence-electron chi connectivity index (χ4n) is 7.21. The second kappa shape index (κ2) is 28.0. The lowest BCUT2D eigenvalue weighted by atomic mass is 10.0. The number of carbonyl (C=O) groups is 10. The molecule has 0 aliphatic rings. The van der Waals surface area contributed by atoms with Gasteiger partial charge in [0.25, 0.3) is 0 Å². The van der Waals surface area contributed by atoms with E-state index in [2.05, 4.69) is 42.2 Å². The van der Waals surface area contributed by atoms with Gasteiger partial charge in [0, 0.05) is 42.8 Å². The Balaban J connectivity index is 1.52. The molecular weight excluding hydrogens is 957 g/mol. The Morgan fingerprint density at radius 3 is 1.83 bits per heavy atom. The van der Waals surface area contributed by atoms with Crippen LogP contribution in [0.1, 0.15) is 49.3 Å². The van der Waals surface area contributed by atoms with Gasteiger partial charge in [-0.3, -0.25) is 47.9 Å². The lowest BCUT2D eigenvalue weighted by molar-refractivity contribution is -0.141. The van der Waals surface area contributed by atoms with Crippen LogP contribution < -0.4 is 48.7 Å². The molecule has 15 N–H and O–H groups in total. The highest BCUT2D eigenvalue weighted by Gasteiger charge is 2.33.